The van der Waals surface area contributed by atoms with Crippen molar-refractivity contribution in [3.63, 3.8) is 0 Å². The number of nitrogens with one attached hydrogen (secondary N) is 1. The van der Waals surface area contributed by atoms with Crippen LogP contribution in [-0.2, 0) is 21.4 Å². The van der Waals surface area contributed by atoms with Crippen molar-refractivity contribution in [1.82, 2.24) is 14.6 Å². The lowest BCUT2D eigenvalue weighted by Crippen LogP contribution is -2.38. The standard InChI is InChI=1S/C19H19N3O3S2/c1-22(27(24,25)16-10-6-3-7-11-16)13-18(23)20-12-19-21-17(14-26-19)15-8-4-2-5-9-15/h2-11,14H,12-13H2,1H3,(H,20,23). The van der Waals surface area contributed by atoms with Crippen LogP contribution in [0.15, 0.2) is 70.9 Å². The predicted molar refractivity (Wildman–Crippen MR) is 106 cm³/mol. The van der Waals surface area contributed by atoms with Crippen molar-refractivity contribution >= 4 is 27.3 Å². The number of rotatable bonds is 7. The van der Waals surface area contributed by atoms with Crippen molar-refractivity contribution in [3.8, 4) is 11.3 Å². The number of aromatic nitrogens is 1. The first-order valence-corrected chi connectivity index (χ1v) is 10.6. The molecule has 0 atom stereocenters. The fraction of sp³-hybridized carbons (Fsp3) is 0.158. The number of hydrogen-bond donors (Lipinski definition) is 1. The summed E-state index contributed by atoms with van der Waals surface area (Å²) in [6.07, 6.45) is 0. The number of amides is 1. The van der Waals surface area contributed by atoms with Crippen LogP contribution >= 0.6 is 11.3 Å². The Kier molecular flexibility index (Phi) is 6.00. The van der Waals surface area contributed by atoms with Gasteiger partial charge in [0.15, 0.2) is 0 Å². The molecule has 6 nitrogen and oxygen atoms in total. The molecule has 0 radical (unpaired) electrons. The van der Waals surface area contributed by atoms with Crippen molar-refractivity contribution in [3.05, 3.63) is 71.1 Å². The number of carbonyl (C=O) groups excluding carboxylic acids is 1. The Morgan fingerprint density at radius 3 is 2.37 bits per heavy atom. The number of carbonyl (C=O) groups is 1. The highest BCUT2D eigenvalue weighted by Crippen LogP contribution is 2.21. The smallest absolute Gasteiger partial charge is 0.243 e. The number of benzene rings is 2. The van der Waals surface area contributed by atoms with Crippen LogP contribution in [0.4, 0.5) is 0 Å². The van der Waals surface area contributed by atoms with Crippen molar-refractivity contribution in [2.24, 2.45) is 0 Å². The maximum absolute atomic E-state index is 12.4. The molecule has 0 saturated carbocycles. The van der Waals surface area contributed by atoms with Gasteiger partial charge >= 0.3 is 0 Å². The van der Waals surface area contributed by atoms with Crippen LogP contribution in [0.2, 0.25) is 0 Å². The number of nitrogens with zero attached hydrogens (tertiary/aromatic N) is 2. The number of hydrogen-bond acceptors (Lipinski definition) is 5. The van der Waals surface area contributed by atoms with Crippen LogP contribution in [0, 0.1) is 0 Å². The zero-order valence-electron chi connectivity index (χ0n) is 14.7. The van der Waals surface area contributed by atoms with E-state index in [1.807, 2.05) is 35.7 Å². The maximum atomic E-state index is 12.4. The van der Waals surface area contributed by atoms with Gasteiger partial charge in [0.2, 0.25) is 15.9 Å². The maximum Gasteiger partial charge on any atom is 0.243 e. The summed E-state index contributed by atoms with van der Waals surface area (Å²) >= 11 is 1.45. The number of sulfonamides is 1. The van der Waals surface area contributed by atoms with Crippen molar-refractivity contribution < 1.29 is 13.2 Å². The van der Waals surface area contributed by atoms with E-state index in [1.165, 1.54) is 30.5 Å². The van der Waals surface area contributed by atoms with Gasteiger partial charge in [0.05, 0.1) is 23.7 Å². The molecule has 3 rings (SSSR count). The molecule has 0 bridgehead atoms. The Bertz CT molecular complexity index is 1000. The van der Waals surface area contributed by atoms with Gasteiger partial charge in [-0.25, -0.2) is 13.4 Å². The molecule has 0 saturated heterocycles. The van der Waals surface area contributed by atoms with Crippen LogP contribution in [0.5, 0.6) is 0 Å². The summed E-state index contributed by atoms with van der Waals surface area (Å²) in [5, 5.41) is 5.41. The fourth-order valence-corrected chi connectivity index (χ4v) is 4.31. The lowest BCUT2D eigenvalue weighted by molar-refractivity contribution is -0.121. The van der Waals surface area contributed by atoms with Crippen molar-refractivity contribution in [2.45, 2.75) is 11.4 Å². The number of likely N-dealkylation sites (N-methyl/N-ethyl adjacent to an activating group) is 1. The summed E-state index contributed by atoms with van der Waals surface area (Å²) < 4.78 is 25.9. The third-order valence-corrected chi connectivity index (χ3v) is 6.54. The van der Waals surface area contributed by atoms with Gasteiger partial charge in [-0.1, -0.05) is 48.5 Å². The molecule has 8 heteroatoms. The zero-order chi connectivity index (χ0) is 19.3. The first kappa shape index (κ1) is 19.2. The molecule has 0 aliphatic heterocycles. The van der Waals surface area contributed by atoms with E-state index in [2.05, 4.69) is 10.3 Å². The highest BCUT2D eigenvalue weighted by molar-refractivity contribution is 7.89. The first-order chi connectivity index (χ1) is 13.0. The second-order valence-corrected chi connectivity index (χ2v) is 8.83. The third kappa shape index (κ3) is 4.79. The molecule has 1 N–H and O–H groups in total. The average Bonchev–Trinajstić information content (AvgIpc) is 3.17. The normalized spacial score (nSPS) is 11.5. The Morgan fingerprint density at radius 2 is 1.70 bits per heavy atom. The van der Waals surface area contributed by atoms with Crippen LogP contribution in [-0.4, -0.2) is 37.2 Å². The van der Waals surface area contributed by atoms with Gasteiger partial charge in [0.1, 0.15) is 5.01 Å². The SMILES string of the molecule is CN(CC(=O)NCc1nc(-c2ccccc2)cs1)S(=O)(=O)c1ccccc1. The predicted octanol–water partition coefficient (Wildman–Crippen LogP) is 2.75. The Morgan fingerprint density at radius 1 is 1.07 bits per heavy atom. The lowest BCUT2D eigenvalue weighted by atomic mass is 10.2. The van der Waals surface area contributed by atoms with Gasteiger partial charge in [-0.3, -0.25) is 4.79 Å². The van der Waals surface area contributed by atoms with Crippen molar-refractivity contribution in [1.29, 1.82) is 0 Å². The van der Waals surface area contributed by atoms with Crippen molar-refractivity contribution in [2.75, 3.05) is 13.6 Å². The monoisotopic (exact) mass is 401 g/mol. The highest BCUT2D eigenvalue weighted by Gasteiger charge is 2.22. The minimum atomic E-state index is -3.69. The zero-order valence-corrected chi connectivity index (χ0v) is 16.3. The second kappa shape index (κ2) is 8.43. The van der Waals surface area contributed by atoms with E-state index in [-0.39, 0.29) is 23.9 Å². The summed E-state index contributed by atoms with van der Waals surface area (Å²) in [6.45, 7) is 0.00367. The molecule has 27 heavy (non-hydrogen) atoms. The van der Waals surface area contributed by atoms with Gasteiger partial charge in [-0.2, -0.15) is 4.31 Å². The molecule has 0 unspecified atom stereocenters. The van der Waals surface area contributed by atoms with Gasteiger partial charge in [-0.05, 0) is 12.1 Å². The van der Waals surface area contributed by atoms with E-state index in [9.17, 15) is 13.2 Å². The molecule has 1 aromatic heterocycles. The first-order valence-electron chi connectivity index (χ1n) is 8.25. The van der Waals surface area contributed by atoms with E-state index in [4.69, 9.17) is 0 Å². The minimum Gasteiger partial charge on any atom is -0.348 e. The fourth-order valence-electron chi connectivity index (χ4n) is 2.42. The molecule has 140 valence electrons. The third-order valence-electron chi connectivity index (χ3n) is 3.88. The largest absolute Gasteiger partial charge is 0.348 e. The molecular formula is C19H19N3O3S2. The van der Waals surface area contributed by atoms with E-state index >= 15 is 0 Å². The van der Waals surface area contributed by atoms with E-state index < -0.39 is 10.0 Å². The van der Waals surface area contributed by atoms with Crippen LogP contribution in [0.3, 0.4) is 0 Å². The summed E-state index contributed by atoms with van der Waals surface area (Å²) in [5.41, 5.74) is 1.87. The van der Waals surface area contributed by atoms with E-state index in [0.29, 0.717) is 0 Å². The molecule has 2 aromatic carbocycles. The molecule has 0 aliphatic carbocycles. The molecule has 0 spiro atoms. The summed E-state index contributed by atoms with van der Waals surface area (Å²) in [7, 11) is -2.30. The Labute approximate surface area is 162 Å². The van der Waals surface area contributed by atoms with Crippen LogP contribution < -0.4 is 5.32 Å². The summed E-state index contributed by atoms with van der Waals surface area (Å²) in [5.74, 6) is -0.381. The topological polar surface area (TPSA) is 79.4 Å². The minimum absolute atomic E-state index is 0.160. The molecular weight excluding hydrogens is 382 g/mol. The molecule has 1 heterocycles. The molecule has 0 aliphatic rings. The lowest BCUT2D eigenvalue weighted by Gasteiger charge is -2.16. The Hall–Kier alpha value is -2.55. The van der Waals surface area contributed by atoms with E-state index in [0.717, 1.165) is 20.6 Å². The Balaban J connectivity index is 1.56. The molecule has 3 aromatic rings. The van der Waals surface area contributed by atoms with Crippen LogP contribution in [0.1, 0.15) is 5.01 Å². The number of thiazole rings is 1. The van der Waals surface area contributed by atoms with Gasteiger partial charge in [0, 0.05) is 18.0 Å². The second-order valence-electron chi connectivity index (χ2n) is 5.84. The van der Waals surface area contributed by atoms with E-state index in [1.54, 1.807) is 18.2 Å². The quantitative estimate of drug-likeness (QED) is 0.660. The van der Waals surface area contributed by atoms with Gasteiger partial charge in [0.25, 0.3) is 0 Å². The highest BCUT2D eigenvalue weighted by atomic mass is 32.2. The van der Waals surface area contributed by atoms with Gasteiger partial charge < -0.3 is 5.32 Å². The molecule has 1 amide bonds. The molecule has 0 fully saturated rings. The van der Waals surface area contributed by atoms with Gasteiger partial charge in [-0.15, -0.1) is 11.3 Å². The summed E-state index contributed by atoms with van der Waals surface area (Å²) in [4.78, 5) is 16.8. The average molecular weight is 402 g/mol. The van der Waals surface area contributed by atoms with Crippen LogP contribution in [0.25, 0.3) is 11.3 Å². The summed E-state index contributed by atoms with van der Waals surface area (Å²) in [6, 6.07) is 17.8.